The second kappa shape index (κ2) is 7.95. The van der Waals surface area contributed by atoms with Crippen molar-refractivity contribution in [2.45, 2.75) is 44.5 Å². The average molecular weight is 311 g/mol. The van der Waals surface area contributed by atoms with Crippen LogP contribution in [0.4, 0.5) is 13.2 Å². The molecule has 0 saturated carbocycles. The molecule has 1 amide bonds. The van der Waals surface area contributed by atoms with Gasteiger partial charge in [0.2, 0.25) is 5.91 Å². The molecule has 1 rings (SSSR count). The molecule has 8 heteroatoms. The van der Waals surface area contributed by atoms with Crippen LogP contribution in [-0.2, 0) is 4.79 Å². The van der Waals surface area contributed by atoms with Crippen LogP contribution in [0.5, 0.6) is 0 Å². The summed E-state index contributed by atoms with van der Waals surface area (Å²) in [5, 5.41) is 12.2. The lowest BCUT2D eigenvalue weighted by atomic mass is 9.89. The number of aliphatic hydroxyl groups excluding tert-OH is 1. The predicted octanol–water partition coefficient (Wildman–Crippen LogP) is 0.475. The first-order valence-corrected chi connectivity index (χ1v) is 7.18. The van der Waals surface area contributed by atoms with Crippen molar-refractivity contribution in [2.24, 2.45) is 11.7 Å². The van der Waals surface area contributed by atoms with Gasteiger partial charge in [-0.2, -0.15) is 13.2 Å². The zero-order chi connectivity index (χ0) is 16.0. The summed E-state index contributed by atoms with van der Waals surface area (Å²) in [4.78, 5) is 12.8. The van der Waals surface area contributed by atoms with Gasteiger partial charge in [0.1, 0.15) is 0 Å². The molecule has 0 aromatic carbocycles. The highest BCUT2D eigenvalue weighted by molar-refractivity contribution is 5.75. The van der Waals surface area contributed by atoms with Crippen molar-refractivity contribution in [1.29, 1.82) is 0 Å². The van der Waals surface area contributed by atoms with E-state index in [1.54, 1.807) is 4.90 Å². The number of nitrogens with zero attached hydrogens (tertiary/aromatic N) is 1. The minimum atomic E-state index is -4.26. The first-order chi connectivity index (χ1) is 9.69. The first kappa shape index (κ1) is 18.2. The van der Waals surface area contributed by atoms with E-state index in [1.807, 2.05) is 6.92 Å². The van der Waals surface area contributed by atoms with E-state index < -0.39 is 24.7 Å². The third-order valence-electron chi connectivity index (χ3n) is 3.66. The van der Waals surface area contributed by atoms with Gasteiger partial charge in [-0.05, 0) is 25.2 Å². The van der Waals surface area contributed by atoms with E-state index in [0.717, 1.165) is 0 Å². The van der Waals surface area contributed by atoms with E-state index in [4.69, 9.17) is 5.73 Å². The molecule has 124 valence electrons. The number of carbonyl (C=O) groups excluding carboxylic acids is 1. The number of primary amides is 1. The molecular weight excluding hydrogens is 287 g/mol. The summed E-state index contributed by atoms with van der Waals surface area (Å²) in [5.41, 5.74) is 5.15. The van der Waals surface area contributed by atoms with Crippen molar-refractivity contribution in [2.75, 3.05) is 26.2 Å². The monoisotopic (exact) mass is 311 g/mol. The number of halogens is 3. The summed E-state index contributed by atoms with van der Waals surface area (Å²) in [6, 6.07) is -0.353. The van der Waals surface area contributed by atoms with E-state index in [1.165, 1.54) is 0 Å². The number of nitrogens with one attached hydrogen (secondary N) is 1. The van der Waals surface area contributed by atoms with Gasteiger partial charge in [0.05, 0.1) is 19.2 Å². The Morgan fingerprint density at radius 3 is 2.67 bits per heavy atom. The van der Waals surface area contributed by atoms with Crippen LogP contribution < -0.4 is 11.1 Å². The molecule has 4 N–H and O–H groups in total. The zero-order valence-electron chi connectivity index (χ0n) is 12.2. The Hall–Kier alpha value is -0.860. The van der Waals surface area contributed by atoms with Gasteiger partial charge in [0.15, 0.2) is 0 Å². The third kappa shape index (κ3) is 7.63. The van der Waals surface area contributed by atoms with Crippen LogP contribution in [0.1, 0.15) is 26.2 Å². The van der Waals surface area contributed by atoms with Gasteiger partial charge in [0.25, 0.3) is 0 Å². The molecule has 3 atom stereocenters. The van der Waals surface area contributed by atoms with Gasteiger partial charge in [-0.1, -0.05) is 6.92 Å². The second-order valence-electron chi connectivity index (χ2n) is 5.75. The summed E-state index contributed by atoms with van der Waals surface area (Å²) < 4.78 is 36.9. The third-order valence-corrected chi connectivity index (χ3v) is 3.66. The molecule has 1 saturated heterocycles. The maximum Gasteiger partial charge on any atom is 0.401 e. The van der Waals surface area contributed by atoms with Gasteiger partial charge in [-0.3, -0.25) is 9.69 Å². The van der Waals surface area contributed by atoms with Crippen LogP contribution in [0.15, 0.2) is 0 Å². The molecule has 0 aliphatic carbocycles. The molecule has 1 fully saturated rings. The van der Waals surface area contributed by atoms with Gasteiger partial charge in [-0.25, -0.2) is 0 Å². The largest absolute Gasteiger partial charge is 0.401 e. The number of piperidine rings is 1. The van der Waals surface area contributed by atoms with Crippen LogP contribution in [0, 0.1) is 5.92 Å². The summed E-state index contributed by atoms with van der Waals surface area (Å²) in [5.74, 6) is -0.444. The molecule has 1 aliphatic rings. The minimum Gasteiger partial charge on any atom is -0.393 e. The molecule has 0 aromatic heterocycles. The van der Waals surface area contributed by atoms with E-state index in [0.29, 0.717) is 32.4 Å². The van der Waals surface area contributed by atoms with Gasteiger partial charge in [-0.15, -0.1) is 0 Å². The number of amides is 1. The lowest BCUT2D eigenvalue weighted by Crippen LogP contribution is -2.53. The Kier molecular flexibility index (Phi) is 6.89. The van der Waals surface area contributed by atoms with E-state index in [9.17, 15) is 23.1 Å². The Labute approximate surface area is 122 Å². The van der Waals surface area contributed by atoms with Gasteiger partial charge in [0, 0.05) is 19.1 Å². The molecule has 1 aliphatic heterocycles. The highest BCUT2D eigenvalue weighted by Gasteiger charge is 2.32. The quantitative estimate of drug-likeness (QED) is 0.639. The minimum absolute atomic E-state index is 0.0307. The summed E-state index contributed by atoms with van der Waals surface area (Å²) >= 11 is 0. The normalized spacial score (nSPS) is 25.8. The highest BCUT2D eigenvalue weighted by atomic mass is 19.4. The maximum absolute atomic E-state index is 12.3. The highest BCUT2D eigenvalue weighted by Crippen LogP contribution is 2.23. The topological polar surface area (TPSA) is 78.6 Å². The first-order valence-electron chi connectivity index (χ1n) is 7.18. The molecule has 0 radical (unpaired) electrons. The number of hydrogen-bond acceptors (Lipinski definition) is 4. The Morgan fingerprint density at radius 1 is 1.48 bits per heavy atom. The number of aliphatic hydroxyl groups is 1. The predicted molar refractivity (Wildman–Crippen MR) is 72.5 cm³/mol. The SMILES string of the molecule is CCC(O)CC1CC(NCC(F)(F)F)CN(CC(N)=O)C1. The lowest BCUT2D eigenvalue weighted by molar-refractivity contribution is -0.128. The standard InChI is InChI=1S/C13H24F3N3O2/c1-2-11(20)4-9-3-10(18-8-13(14,15)16)6-19(5-9)7-12(17)21/h9-11,18,20H,2-8H2,1H3,(H2,17,21). The molecule has 0 bridgehead atoms. The van der Waals surface area contributed by atoms with Crippen molar-refractivity contribution in [3.63, 3.8) is 0 Å². The number of likely N-dealkylation sites (tertiary alicyclic amines) is 1. The van der Waals surface area contributed by atoms with Crippen LogP contribution in [0.3, 0.4) is 0 Å². The Morgan fingerprint density at radius 2 is 2.14 bits per heavy atom. The summed E-state index contributed by atoms with van der Waals surface area (Å²) in [7, 11) is 0. The molecule has 5 nitrogen and oxygen atoms in total. The fourth-order valence-electron chi connectivity index (χ4n) is 2.78. The van der Waals surface area contributed by atoms with Crippen molar-refractivity contribution in [3.05, 3.63) is 0 Å². The molecule has 1 heterocycles. The molecule has 0 spiro atoms. The Bertz CT molecular complexity index is 339. The second-order valence-corrected chi connectivity index (χ2v) is 5.75. The fraction of sp³-hybridized carbons (Fsp3) is 0.923. The smallest absolute Gasteiger partial charge is 0.393 e. The maximum atomic E-state index is 12.3. The van der Waals surface area contributed by atoms with Crippen LogP contribution >= 0.6 is 0 Å². The lowest BCUT2D eigenvalue weighted by Gasteiger charge is -2.38. The van der Waals surface area contributed by atoms with Gasteiger partial charge < -0.3 is 16.2 Å². The molecule has 21 heavy (non-hydrogen) atoms. The fourth-order valence-corrected chi connectivity index (χ4v) is 2.78. The van der Waals surface area contributed by atoms with E-state index in [2.05, 4.69) is 5.32 Å². The number of nitrogens with two attached hydrogens (primary N) is 1. The molecular formula is C13H24F3N3O2. The molecule has 0 aromatic rings. The molecule has 3 unspecified atom stereocenters. The number of carbonyl (C=O) groups is 1. The Balaban J connectivity index is 2.58. The average Bonchev–Trinajstić information content (AvgIpc) is 2.34. The number of rotatable bonds is 7. The summed E-state index contributed by atoms with van der Waals surface area (Å²) in [6.07, 6.45) is -3.04. The van der Waals surface area contributed by atoms with E-state index in [-0.39, 0.29) is 18.5 Å². The van der Waals surface area contributed by atoms with Crippen molar-refractivity contribution in [1.82, 2.24) is 10.2 Å². The van der Waals surface area contributed by atoms with Gasteiger partial charge >= 0.3 is 6.18 Å². The van der Waals surface area contributed by atoms with Crippen molar-refractivity contribution in [3.8, 4) is 0 Å². The van der Waals surface area contributed by atoms with Crippen LogP contribution in [0.2, 0.25) is 0 Å². The van der Waals surface area contributed by atoms with Crippen molar-refractivity contribution < 1.29 is 23.1 Å². The zero-order valence-corrected chi connectivity index (χ0v) is 12.2. The number of hydrogen-bond donors (Lipinski definition) is 3. The van der Waals surface area contributed by atoms with E-state index >= 15 is 0 Å². The number of alkyl halides is 3. The van der Waals surface area contributed by atoms with Crippen LogP contribution in [0.25, 0.3) is 0 Å². The van der Waals surface area contributed by atoms with Crippen LogP contribution in [-0.4, -0.2) is 60.4 Å². The van der Waals surface area contributed by atoms with Crippen molar-refractivity contribution >= 4 is 5.91 Å². The summed E-state index contributed by atoms with van der Waals surface area (Å²) in [6.45, 7) is 1.77.